The summed E-state index contributed by atoms with van der Waals surface area (Å²) in [7, 11) is 6.45. The second-order valence-electron chi connectivity index (χ2n) is 7.04. The van der Waals surface area contributed by atoms with Crippen molar-refractivity contribution < 1.29 is 14.3 Å². The molecule has 4 rings (SSSR count). The topological polar surface area (TPSA) is 107 Å². The Labute approximate surface area is 178 Å². The number of aryl methyl sites for hydroxylation is 1. The number of ether oxygens (including phenoxy) is 1. The van der Waals surface area contributed by atoms with Gasteiger partial charge >= 0.3 is 0 Å². The third-order valence-electron chi connectivity index (χ3n) is 4.73. The number of nitrogens with zero attached hydrogens (tertiary/aromatic N) is 6. The van der Waals surface area contributed by atoms with Crippen molar-refractivity contribution >= 4 is 23.1 Å². The molecule has 0 aliphatic heterocycles. The summed E-state index contributed by atoms with van der Waals surface area (Å²) in [5.41, 5.74) is 2.23. The summed E-state index contributed by atoms with van der Waals surface area (Å²) in [5, 5.41) is 11.3. The van der Waals surface area contributed by atoms with Crippen LogP contribution >= 0.6 is 0 Å². The number of methoxy groups -OCH3 is 1. The van der Waals surface area contributed by atoms with Crippen LogP contribution in [0.3, 0.4) is 0 Å². The van der Waals surface area contributed by atoms with E-state index in [2.05, 4.69) is 20.5 Å². The van der Waals surface area contributed by atoms with Gasteiger partial charge < -0.3 is 15.0 Å². The molecule has 158 valence electrons. The lowest BCUT2D eigenvalue weighted by molar-refractivity contribution is 0.0821. The molecule has 1 aromatic carbocycles. The molecule has 0 bridgehead atoms. The summed E-state index contributed by atoms with van der Waals surface area (Å²) in [4.78, 5) is 31.2. The molecule has 0 saturated carbocycles. The Morgan fingerprint density at radius 1 is 1.16 bits per heavy atom. The van der Waals surface area contributed by atoms with Crippen LogP contribution in [0.15, 0.2) is 48.8 Å². The summed E-state index contributed by atoms with van der Waals surface area (Å²) in [6.07, 6.45) is 3.09. The molecule has 10 nitrogen and oxygen atoms in total. The van der Waals surface area contributed by atoms with Crippen LogP contribution in [0, 0.1) is 0 Å². The fourth-order valence-corrected chi connectivity index (χ4v) is 3.20. The number of aromatic nitrogens is 5. The van der Waals surface area contributed by atoms with Crippen molar-refractivity contribution in [3.05, 3.63) is 60.0 Å². The second-order valence-corrected chi connectivity index (χ2v) is 7.04. The molecular weight excluding hydrogens is 398 g/mol. The Hall–Kier alpha value is -4.21. The molecule has 31 heavy (non-hydrogen) atoms. The molecule has 0 spiro atoms. The van der Waals surface area contributed by atoms with Crippen LogP contribution in [-0.4, -0.2) is 62.3 Å². The number of fused-ring (bicyclic) bond motifs is 1. The van der Waals surface area contributed by atoms with Gasteiger partial charge in [0.05, 0.1) is 24.4 Å². The predicted molar refractivity (Wildman–Crippen MR) is 114 cm³/mol. The van der Waals surface area contributed by atoms with Crippen molar-refractivity contribution in [2.24, 2.45) is 7.05 Å². The summed E-state index contributed by atoms with van der Waals surface area (Å²) in [6, 6.07) is 10.9. The largest absolute Gasteiger partial charge is 0.496 e. The third-order valence-corrected chi connectivity index (χ3v) is 4.73. The Morgan fingerprint density at radius 3 is 2.68 bits per heavy atom. The first-order valence-corrected chi connectivity index (χ1v) is 9.44. The minimum atomic E-state index is -0.445. The zero-order valence-electron chi connectivity index (χ0n) is 17.5. The zero-order valence-corrected chi connectivity index (χ0v) is 17.5. The minimum absolute atomic E-state index is 0.176. The van der Waals surface area contributed by atoms with Crippen molar-refractivity contribution in [2.45, 2.75) is 0 Å². The third kappa shape index (κ3) is 3.70. The van der Waals surface area contributed by atoms with E-state index in [9.17, 15) is 9.59 Å². The Balaban J connectivity index is 1.64. The first-order chi connectivity index (χ1) is 14.9. The van der Waals surface area contributed by atoms with Crippen molar-refractivity contribution in [1.29, 1.82) is 0 Å². The van der Waals surface area contributed by atoms with Gasteiger partial charge in [-0.1, -0.05) is 12.1 Å². The monoisotopic (exact) mass is 419 g/mol. The van der Waals surface area contributed by atoms with Crippen LogP contribution in [-0.2, 0) is 7.05 Å². The average Bonchev–Trinajstić information content (AvgIpc) is 3.36. The number of hydrogen-bond donors (Lipinski definition) is 1. The maximum Gasteiger partial charge on any atom is 0.274 e. The van der Waals surface area contributed by atoms with Gasteiger partial charge in [-0.25, -0.2) is 9.50 Å². The lowest BCUT2D eigenvalue weighted by Crippen LogP contribution is -2.26. The molecule has 3 aromatic heterocycles. The minimum Gasteiger partial charge on any atom is -0.496 e. The number of carbonyl (C=O) groups excluding carboxylic acids is 2. The zero-order chi connectivity index (χ0) is 22.1. The summed E-state index contributed by atoms with van der Waals surface area (Å²) in [5.74, 6) is 0.430. The fourth-order valence-electron chi connectivity index (χ4n) is 3.20. The Kier molecular flexibility index (Phi) is 5.12. The van der Waals surface area contributed by atoms with Gasteiger partial charge in [0.2, 0.25) is 0 Å². The van der Waals surface area contributed by atoms with E-state index in [1.807, 2.05) is 24.3 Å². The van der Waals surface area contributed by atoms with Gasteiger partial charge in [-0.15, -0.1) is 5.10 Å². The standard InChI is InChI=1S/C21H21N7O3/c1-26(2)21(30)15-12-22-27(3)18(15)20(29)23-13-9-10-28-17(11-13)24-19(25-28)14-7-5-6-8-16(14)31-4/h5-12H,1-4H3,(H,23,29). The summed E-state index contributed by atoms with van der Waals surface area (Å²) < 4.78 is 8.38. The number of rotatable bonds is 5. The highest BCUT2D eigenvalue weighted by molar-refractivity contribution is 6.11. The molecule has 0 unspecified atom stereocenters. The number of para-hydroxylation sites is 1. The van der Waals surface area contributed by atoms with E-state index in [1.165, 1.54) is 15.8 Å². The average molecular weight is 419 g/mol. The molecule has 0 aliphatic carbocycles. The van der Waals surface area contributed by atoms with Crippen molar-refractivity contribution in [3.63, 3.8) is 0 Å². The van der Waals surface area contributed by atoms with Crippen LogP contribution in [0.5, 0.6) is 5.75 Å². The molecule has 0 atom stereocenters. The maximum absolute atomic E-state index is 12.9. The first-order valence-electron chi connectivity index (χ1n) is 9.44. The normalized spacial score (nSPS) is 10.8. The van der Waals surface area contributed by atoms with E-state index in [1.54, 1.807) is 51.1 Å². The number of hydrogen-bond acceptors (Lipinski definition) is 6. The molecular formula is C21H21N7O3. The van der Waals surface area contributed by atoms with E-state index in [-0.39, 0.29) is 17.2 Å². The number of amides is 2. The first kappa shape index (κ1) is 20.1. The van der Waals surface area contributed by atoms with Gasteiger partial charge in [-0.05, 0) is 18.2 Å². The van der Waals surface area contributed by atoms with E-state index >= 15 is 0 Å². The SMILES string of the molecule is COc1ccccc1-c1nc2cc(NC(=O)c3c(C(=O)N(C)C)cnn3C)ccn2n1. The fraction of sp³-hybridized carbons (Fsp3) is 0.190. The number of carbonyl (C=O) groups is 2. The Morgan fingerprint density at radius 2 is 1.94 bits per heavy atom. The van der Waals surface area contributed by atoms with Crippen LogP contribution in [0.25, 0.3) is 17.0 Å². The van der Waals surface area contributed by atoms with Crippen LogP contribution in [0.1, 0.15) is 20.8 Å². The van der Waals surface area contributed by atoms with Gasteiger partial charge in [0.25, 0.3) is 11.8 Å². The summed E-state index contributed by atoms with van der Waals surface area (Å²) >= 11 is 0. The van der Waals surface area contributed by atoms with E-state index < -0.39 is 5.91 Å². The van der Waals surface area contributed by atoms with E-state index in [4.69, 9.17) is 4.74 Å². The quantitative estimate of drug-likeness (QED) is 0.531. The predicted octanol–water partition coefficient (Wildman–Crippen LogP) is 2.09. The van der Waals surface area contributed by atoms with Crippen molar-refractivity contribution in [1.82, 2.24) is 29.3 Å². The molecule has 10 heteroatoms. The van der Waals surface area contributed by atoms with Crippen molar-refractivity contribution in [3.8, 4) is 17.1 Å². The lowest BCUT2D eigenvalue weighted by atomic mass is 10.2. The van der Waals surface area contributed by atoms with Gasteiger partial charge in [0.15, 0.2) is 11.5 Å². The molecule has 0 aliphatic rings. The van der Waals surface area contributed by atoms with Gasteiger partial charge in [0.1, 0.15) is 11.4 Å². The number of nitrogens with one attached hydrogen (secondary N) is 1. The van der Waals surface area contributed by atoms with E-state index in [0.717, 1.165) is 5.56 Å². The van der Waals surface area contributed by atoms with Crippen LogP contribution in [0.2, 0.25) is 0 Å². The highest BCUT2D eigenvalue weighted by Gasteiger charge is 2.23. The molecule has 0 fully saturated rings. The lowest BCUT2D eigenvalue weighted by Gasteiger charge is -2.11. The molecule has 4 aromatic rings. The maximum atomic E-state index is 12.9. The molecule has 0 radical (unpaired) electrons. The molecule has 3 heterocycles. The van der Waals surface area contributed by atoms with Crippen LogP contribution in [0.4, 0.5) is 5.69 Å². The van der Waals surface area contributed by atoms with Gasteiger partial charge in [-0.2, -0.15) is 5.10 Å². The summed E-state index contributed by atoms with van der Waals surface area (Å²) in [6.45, 7) is 0. The smallest absolute Gasteiger partial charge is 0.274 e. The molecule has 2 amide bonds. The highest BCUT2D eigenvalue weighted by Crippen LogP contribution is 2.27. The number of benzene rings is 1. The Bertz CT molecular complexity index is 1290. The van der Waals surface area contributed by atoms with E-state index in [0.29, 0.717) is 22.9 Å². The second kappa shape index (κ2) is 7.90. The van der Waals surface area contributed by atoms with Crippen LogP contribution < -0.4 is 10.1 Å². The molecule has 1 N–H and O–H groups in total. The number of anilines is 1. The highest BCUT2D eigenvalue weighted by atomic mass is 16.5. The van der Waals surface area contributed by atoms with Crippen molar-refractivity contribution in [2.75, 3.05) is 26.5 Å². The number of pyridine rings is 1. The molecule has 0 saturated heterocycles. The van der Waals surface area contributed by atoms with Gasteiger partial charge in [-0.3, -0.25) is 14.3 Å². The van der Waals surface area contributed by atoms with Gasteiger partial charge in [0, 0.05) is 39.1 Å².